The quantitative estimate of drug-likeness (QED) is 0.927. The maximum Gasteiger partial charge on any atom is 0.136 e. The minimum Gasteiger partial charge on any atom is -0.370 e. The lowest BCUT2D eigenvalue weighted by molar-refractivity contribution is 0.543. The van der Waals surface area contributed by atoms with Crippen molar-refractivity contribution in [2.24, 2.45) is 0 Å². The second-order valence-electron chi connectivity index (χ2n) is 5.88. The molecular formula is C16H22N4. The second kappa shape index (κ2) is 5.99. The Balaban J connectivity index is 2.34. The van der Waals surface area contributed by atoms with E-state index in [9.17, 15) is 0 Å². The fourth-order valence-electron chi connectivity index (χ4n) is 1.90. The molecule has 20 heavy (non-hydrogen) atoms. The van der Waals surface area contributed by atoms with Crippen LogP contribution in [0.5, 0.6) is 0 Å². The summed E-state index contributed by atoms with van der Waals surface area (Å²) in [4.78, 5) is 13.4. The van der Waals surface area contributed by atoms with E-state index in [1.54, 1.807) is 0 Å². The lowest BCUT2D eigenvalue weighted by atomic mass is 9.95. The average Bonchev–Trinajstić information content (AvgIpc) is 2.39. The summed E-state index contributed by atoms with van der Waals surface area (Å²) in [6.07, 6.45) is 4.42. The molecule has 0 radical (unpaired) electrons. The normalized spacial score (nSPS) is 11.4. The number of hydrogen-bond acceptors (Lipinski definition) is 4. The largest absolute Gasteiger partial charge is 0.370 e. The number of pyridine rings is 1. The van der Waals surface area contributed by atoms with Gasteiger partial charge in [0.1, 0.15) is 11.6 Å². The zero-order valence-corrected chi connectivity index (χ0v) is 12.6. The van der Waals surface area contributed by atoms with Crippen LogP contribution in [-0.4, -0.2) is 21.5 Å². The van der Waals surface area contributed by atoms with Gasteiger partial charge in [0.2, 0.25) is 0 Å². The van der Waals surface area contributed by atoms with Crippen molar-refractivity contribution in [3.05, 3.63) is 47.7 Å². The average molecular weight is 270 g/mol. The highest BCUT2D eigenvalue weighted by molar-refractivity contribution is 5.38. The highest BCUT2D eigenvalue weighted by Gasteiger charge is 2.19. The molecule has 4 heteroatoms. The van der Waals surface area contributed by atoms with Crippen molar-refractivity contribution >= 4 is 5.82 Å². The number of hydrogen-bond donors (Lipinski definition) is 1. The summed E-state index contributed by atoms with van der Waals surface area (Å²) in [5.74, 6) is 1.77. The molecule has 2 heterocycles. The Bertz CT molecular complexity index is 558. The third-order valence-electron chi connectivity index (χ3n) is 2.94. The van der Waals surface area contributed by atoms with Crippen LogP contribution in [0.25, 0.3) is 0 Å². The third kappa shape index (κ3) is 3.76. The zero-order chi connectivity index (χ0) is 14.6. The van der Waals surface area contributed by atoms with Crippen LogP contribution >= 0.6 is 0 Å². The number of aromatic nitrogens is 3. The first-order valence-corrected chi connectivity index (χ1v) is 7.00. The molecule has 0 fully saturated rings. The van der Waals surface area contributed by atoms with E-state index in [0.29, 0.717) is 0 Å². The van der Waals surface area contributed by atoms with Crippen LogP contribution in [0, 0.1) is 0 Å². The molecule has 0 spiro atoms. The molecule has 0 aliphatic heterocycles. The van der Waals surface area contributed by atoms with E-state index in [1.807, 2.05) is 30.6 Å². The van der Waals surface area contributed by atoms with Gasteiger partial charge in [-0.25, -0.2) is 9.97 Å². The van der Waals surface area contributed by atoms with Crippen LogP contribution in [0.4, 0.5) is 5.82 Å². The van der Waals surface area contributed by atoms with Gasteiger partial charge in [0.05, 0.1) is 5.69 Å². The molecule has 0 aliphatic rings. The van der Waals surface area contributed by atoms with Gasteiger partial charge < -0.3 is 5.32 Å². The van der Waals surface area contributed by atoms with Gasteiger partial charge in [-0.3, -0.25) is 4.98 Å². The van der Waals surface area contributed by atoms with Crippen LogP contribution in [-0.2, 0) is 11.8 Å². The fraction of sp³-hybridized carbons (Fsp3) is 0.438. The summed E-state index contributed by atoms with van der Waals surface area (Å²) in [7, 11) is 0. The summed E-state index contributed by atoms with van der Waals surface area (Å²) in [6.45, 7) is 9.33. The number of nitrogens with zero attached hydrogens (tertiary/aromatic N) is 3. The summed E-state index contributed by atoms with van der Waals surface area (Å²) in [6, 6.07) is 6.07. The maximum absolute atomic E-state index is 4.71. The Morgan fingerprint density at radius 1 is 1.10 bits per heavy atom. The molecule has 0 saturated carbocycles. The van der Waals surface area contributed by atoms with Crippen LogP contribution in [0.2, 0.25) is 0 Å². The summed E-state index contributed by atoms with van der Waals surface area (Å²) < 4.78 is 0. The lowest BCUT2D eigenvalue weighted by Crippen LogP contribution is -2.18. The molecule has 0 aromatic carbocycles. The van der Waals surface area contributed by atoms with Gasteiger partial charge >= 0.3 is 0 Å². The van der Waals surface area contributed by atoms with E-state index in [1.165, 1.54) is 5.56 Å². The van der Waals surface area contributed by atoms with Crippen molar-refractivity contribution in [2.75, 3.05) is 11.9 Å². The first-order valence-electron chi connectivity index (χ1n) is 7.00. The van der Waals surface area contributed by atoms with E-state index < -0.39 is 0 Å². The Morgan fingerprint density at radius 2 is 1.80 bits per heavy atom. The summed E-state index contributed by atoms with van der Waals surface area (Å²) >= 11 is 0. The van der Waals surface area contributed by atoms with E-state index in [0.717, 1.165) is 30.3 Å². The van der Waals surface area contributed by atoms with Crippen molar-refractivity contribution in [1.82, 2.24) is 15.0 Å². The smallest absolute Gasteiger partial charge is 0.136 e. The second-order valence-corrected chi connectivity index (χ2v) is 5.88. The predicted octanol–water partition coefficient (Wildman–Crippen LogP) is 3.19. The van der Waals surface area contributed by atoms with Crippen LogP contribution in [0.1, 0.15) is 44.8 Å². The van der Waals surface area contributed by atoms with Crippen molar-refractivity contribution in [2.45, 2.75) is 39.5 Å². The van der Waals surface area contributed by atoms with E-state index in [4.69, 9.17) is 4.98 Å². The number of rotatable bonds is 4. The molecule has 1 N–H and O–H groups in total. The molecule has 0 bridgehead atoms. The molecular weight excluding hydrogens is 248 g/mol. The SMILES string of the molecule is CCNc1cc(Cc2ccncc2)nc(C(C)(C)C)n1. The Hall–Kier alpha value is -1.97. The lowest BCUT2D eigenvalue weighted by Gasteiger charge is -2.19. The minimum atomic E-state index is -0.0571. The van der Waals surface area contributed by atoms with E-state index in [2.05, 4.69) is 43.0 Å². The van der Waals surface area contributed by atoms with Crippen molar-refractivity contribution in [3.8, 4) is 0 Å². The van der Waals surface area contributed by atoms with Gasteiger partial charge in [0.15, 0.2) is 0 Å². The molecule has 4 nitrogen and oxygen atoms in total. The monoisotopic (exact) mass is 270 g/mol. The first kappa shape index (κ1) is 14.4. The van der Waals surface area contributed by atoms with E-state index in [-0.39, 0.29) is 5.41 Å². The van der Waals surface area contributed by atoms with Gasteiger partial charge in [-0.1, -0.05) is 20.8 Å². The Morgan fingerprint density at radius 3 is 2.40 bits per heavy atom. The molecule has 0 aliphatic carbocycles. The van der Waals surface area contributed by atoms with Gasteiger partial charge in [-0.2, -0.15) is 0 Å². The van der Waals surface area contributed by atoms with Gasteiger partial charge in [-0.05, 0) is 24.6 Å². The highest BCUT2D eigenvalue weighted by Crippen LogP contribution is 2.21. The summed E-state index contributed by atoms with van der Waals surface area (Å²) in [5, 5.41) is 3.28. The molecule has 2 aromatic heterocycles. The molecule has 0 atom stereocenters. The fourth-order valence-corrected chi connectivity index (χ4v) is 1.90. The van der Waals surface area contributed by atoms with Crippen LogP contribution in [0.3, 0.4) is 0 Å². The van der Waals surface area contributed by atoms with Gasteiger partial charge in [0.25, 0.3) is 0 Å². The standard InChI is InChI=1S/C16H22N4/c1-5-18-14-11-13(10-12-6-8-17-9-7-12)19-15(20-14)16(2,3)4/h6-9,11H,5,10H2,1-4H3,(H,18,19,20). The molecule has 2 aromatic rings. The molecule has 106 valence electrons. The van der Waals surface area contributed by atoms with Gasteiger partial charge in [-0.15, -0.1) is 0 Å². The predicted molar refractivity (Wildman–Crippen MR) is 81.9 cm³/mol. The van der Waals surface area contributed by atoms with Crippen molar-refractivity contribution < 1.29 is 0 Å². The highest BCUT2D eigenvalue weighted by atomic mass is 15.0. The van der Waals surface area contributed by atoms with Crippen LogP contribution < -0.4 is 5.32 Å². The van der Waals surface area contributed by atoms with Crippen LogP contribution in [0.15, 0.2) is 30.6 Å². The molecule has 0 amide bonds. The molecule has 0 saturated heterocycles. The number of nitrogens with one attached hydrogen (secondary N) is 1. The Kier molecular flexibility index (Phi) is 4.32. The topological polar surface area (TPSA) is 50.7 Å². The first-order chi connectivity index (χ1) is 9.49. The molecule has 2 rings (SSSR count). The maximum atomic E-state index is 4.71. The van der Waals surface area contributed by atoms with E-state index >= 15 is 0 Å². The minimum absolute atomic E-state index is 0.0571. The summed E-state index contributed by atoms with van der Waals surface area (Å²) in [5.41, 5.74) is 2.19. The molecule has 0 unspecified atom stereocenters. The van der Waals surface area contributed by atoms with Crippen molar-refractivity contribution in [3.63, 3.8) is 0 Å². The third-order valence-corrected chi connectivity index (χ3v) is 2.94. The van der Waals surface area contributed by atoms with Crippen molar-refractivity contribution in [1.29, 1.82) is 0 Å². The number of anilines is 1. The Labute approximate surface area is 120 Å². The van der Waals surface area contributed by atoms with Gasteiger partial charge in [0, 0.05) is 36.8 Å². The zero-order valence-electron chi connectivity index (χ0n) is 12.6.